The first kappa shape index (κ1) is 11.7. The Morgan fingerprint density at radius 1 is 1.47 bits per heavy atom. The first-order chi connectivity index (χ1) is 8.16. The molecule has 5 nitrogen and oxygen atoms in total. The van der Waals surface area contributed by atoms with Crippen LogP contribution in [-0.2, 0) is 6.54 Å². The number of benzene rings is 1. The third-order valence-corrected chi connectivity index (χ3v) is 2.75. The number of H-pyrrole nitrogens is 1. The Labute approximate surface area is 107 Å². The summed E-state index contributed by atoms with van der Waals surface area (Å²) in [5.41, 5.74) is 7.51. The Balaban J connectivity index is 2.04. The van der Waals surface area contributed by atoms with Crippen molar-refractivity contribution in [2.75, 3.05) is 5.73 Å². The summed E-state index contributed by atoms with van der Waals surface area (Å²) in [7, 11) is 0. The third-order valence-electron chi connectivity index (χ3n) is 2.26. The molecule has 0 radical (unpaired) electrons. The molecule has 0 saturated carbocycles. The highest BCUT2D eigenvalue weighted by Gasteiger charge is 2.09. The zero-order valence-electron chi connectivity index (χ0n) is 8.90. The number of amides is 1. The monoisotopic (exact) mass is 294 g/mol. The van der Waals surface area contributed by atoms with Crippen LogP contribution >= 0.6 is 15.9 Å². The van der Waals surface area contributed by atoms with Crippen LogP contribution in [0.3, 0.4) is 0 Å². The van der Waals surface area contributed by atoms with Crippen LogP contribution in [0.15, 0.2) is 34.9 Å². The maximum Gasteiger partial charge on any atom is 0.253 e. The van der Waals surface area contributed by atoms with Crippen LogP contribution in [0.2, 0.25) is 0 Å². The zero-order valence-corrected chi connectivity index (χ0v) is 10.5. The Hall–Kier alpha value is -1.82. The summed E-state index contributed by atoms with van der Waals surface area (Å²) >= 11 is 3.29. The van der Waals surface area contributed by atoms with Crippen molar-refractivity contribution in [3.8, 4) is 0 Å². The first-order valence-corrected chi connectivity index (χ1v) is 5.77. The molecular weight excluding hydrogens is 284 g/mol. The Bertz CT molecular complexity index is 524. The number of hydrogen-bond donors (Lipinski definition) is 3. The number of carbonyl (C=O) groups is 1. The van der Waals surface area contributed by atoms with Crippen LogP contribution in [0, 0.1) is 0 Å². The highest BCUT2D eigenvalue weighted by Crippen LogP contribution is 2.18. The highest BCUT2D eigenvalue weighted by molar-refractivity contribution is 9.10. The number of nitrogens with two attached hydrogens (primary N) is 1. The minimum atomic E-state index is -0.204. The molecule has 0 spiro atoms. The predicted octanol–water partition coefficient (Wildman–Crippen LogP) is 1.68. The van der Waals surface area contributed by atoms with Gasteiger partial charge in [-0.3, -0.25) is 9.89 Å². The van der Waals surface area contributed by atoms with E-state index in [0.717, 1.165) is 10.2 Å². The van der Waals surface area contributed by atoms with Gasteiger partial charge < -0.3 is 11.1 Å². The second-order valence-electron chi connectivity index (χ2n) is 3.50. The molecule has 0 saturated heterocycles. The van der Waals surface area contributed by atoms with Crippen molar-refractivity contribution in [3.05, 3.63) is 46.2 Å². The number of nitrogen functional groups attached to an aromatic ring is 1. The molecule has 0 aliphatic carbocycles. The minimum absolute atomic E-state index is 0.204. The summed E-state index contributed by atoms with van der Waals surface area (Å²) in [5, 5.41) is 9.32. The molecule has 0 aliphatic heterocycles. The average Bonchev–Trinajstić information content (AvgIpc) is 2.78. The molecule has 1 aromatic heterocycles. The molecule has 2 aromatic rings. The largest absolute Gasteiger partial charge is 0.398 e. The lowest BCUT2D eigenvalue weighted by molar-refractivity contribution is 0.0951. The molecule has 4 N–H and O–H groups in total. The van der Waals surface area contributed by atoms with Gasteiger partial charge in [-0.1, -0.05) is 15.9 Å². The number of carbonyl (C=O) groups excluding carboxylic acids is 1. The highest BCUT2D eigenvalue weighted by atomic mass is 79.9. The van der Waals surface area contributed by atoms with Crippen LogP contribution < -0.4 is 11.1 Å². The Morgan fingerprint density at radius 2 is 2.29 bits per heavy atom. The summed E-state index contributed by atoms with van der Waals surface area (Å²) in [6.45, 7) is 0.397. The topological polar surface area (TPSA) is 83.8 Å². The molecule has 0 bridgehead atoms. The van der Waals surface area contributed by atoms with Crippen LogP contribution in [0.25, 0.3) is 0 Å². The van der Waals surface area contributed by atoms with E-state index in [0.29, 0.717) is 17.8 Å². The van der Waals surface area contributed by atoms with E-state index in [-0.39, 0.29) is 5.91 Å². The van der Waals surface area contributed by atoms with E-state index >= 15 is 0 Å². The lowest BCUT2D eigenvalue weighted by Crippen LogP contribution is -2.23. The van der Waals surface area contributed by atoms with Crippen molar-refractivity contribution in [1.29, 1.82) is 0 Å². The Kier molecular flexibility index (Phi) is 3.43. The summed E-state index contributed by atoms with van der Waals surface area (Å²) in [6.07, 6.45) is 1.63. The average molecular weight is 295 g/mol. The number of halogens is 1. The normalized spacial score (nSPS) is 10.2. The fourth-order valence-corrected chi connectivity index (χ4v) is 1.77. The maximum absolute atomic E-state index is 11.8. The number of aromatic nitrogens is 2. The molecule has 1 amide bonds. The van der Waals surface area contributed by atoms with E-state index < -0.39 is 0 Å². The molecule has 6 heteroatoms. The van der Waals surface area contributed by atoms with Gasteiger partial charge in [0.1, 0.15) is 0 Å². The van der Waals surface area contributed by atoms with Crippen LogP contribution in [0.1, 0.15) is 16.1 Å². The number of hydrogen-bond acceptors (Lipinski definition) is 3. The molecule has 0 unspecified atom stereocenters. The SMILES string of the molecule is Nc1cc(Br)ccc1C(=O)NCc1ccn[nH]1. The standard InChI is InChI=1S/C11H11BrN4O/c12-7-1-2-9(10(13)5-7)11(17)14-6-8-3-4-15-16-8/h1-5H,6,13H2,(H,14,17)(H,15,16). The molecule has 0 fully saturated rings. The maximum atomic E-state index is 11.8. The van der Waals surface area contributed by atoms with E-state index in [9.17, 15) is 4.79 Å². The van der Waals surface area contributed by atoms with Crippen molar-refractivity contribution in [2.45, 2.75) is 6.54 Å². The van der Waals surface area contributed by atoms with Gasteiger partial charge in [0.15, 0.2) is 0 Å². The first-order valence-electron chi connectivity index (χ1n) is 4.98. The summed E-state index contributed by atoms with van der Waals surface area (Å²) < 4.78 is 0.847. The van der Waals surface area contributed by atoms with Crippen molar-refractivity contribution in [1.82, 2.24) is 15.5 Å². The lowest BCUT2D eigenvalue weighted by atomic mass is 10.1. The Morgan fingerprint density at radius 3 is 2.94 bits per heavy atom. The van der Waals surface area contributed by atoms with Gasteiger partial charge in [-0.05, 0) is 24.3 Å². The van der Waals surface area contributed by atoms with Gasteiger partial charge in [0, 0.05) is 16.4 Å². The van der Waals surface area contributed by atoms with Gasteiger partial charge >= 0.3 is 0 Å². The summed E-state index contributed by atoms with van der Waals surface area (Å²) in [6, 6.07) is 6.96. The van der Waals surface area contributed by atoms with Crippen molar-refractivity contribution < 1.29 is 4.79 Å². The molecular formula is C11H11BrN4O. The predicted molar refractivity (Wildman–Crippen MR) is 68.3 cm³/mol. The number of rotatable bonds is 3. The van der Waals surface area contributed by atoms with Crippen molar-refractivity contribution >= 4 is 27.5 Å². The van der Waals surface area contributed by atoms with Crippen molar-refractivity contribution in [3.63, 3.8) is 0 Å². The van der Waals surface area contributed by atoms with Crippen molar-refractivity contribution in [2.24, 2.45) is 0 Å². The van der Waals surface area contributed by atoms with Gasteiger partial charge in [-0.15, -0.1) is 0 Å². The fourth-order valence-electron chi connectivity index (χ4n) is 1.39. The number of aromatic amines is 1. The molecule has 1 heterocycles. The number of anilines is 1. The van der Waals surface area contributed by atoms with E-state index in [4.69, 9.17) is 5.73 Å². The smallest absolute Gasteiger partial charge is 0.253 e. The molecule has 1 aromatic carbocycles. The molecule has 2 rings (SSSR count). The minimum Gasteiger partial charge on any atom is -0.398 e. The second-order valence-corrected chi connectivity index (χ2v) is 4.41. The van der Waals surface area contributed by atoms with Gasteiger partial charge in [0.2, 0.25) is 0 Å². The molecule has 0 atom stereocenters. The van der Waals surface area contributed by atoms with E-state index in [1.54, 1.807) is 30.5 Å². The van der Waals surface area contributed by atoms with E-state index in [2.05, 4.69) is 31.4 Å². The van der Waals surface area contributed by atoms with Gasteiger partial charge in [0.05, 0.1) is 17.8 Å². The molecule has 17 heavy (non-hydrogen) atoms. The molecule has 88 valence electrons. The lowest BCUT2D eigenvalue weighted by Gasteiger charge is -2.06. The quantitative estimate of drug-likeness (QED) is 0.753. The van der Waals surface area contributed by atoms with Crippen LogP contribution in [-0.4, -0.2) is 16.1 Å². The van der Waals surface area contributed by atoms with Crippen LogP contribution in [0.5, 0.6) is 0 Å². The third kappa shape index (κ3) is 2.85. The second kappa shape index (κ2) is 5.01. The summed E-state index contributed by atoms with van der Waals surface area (Å²) in [4.78, 5) is 11.8. The zero-order chi connectivity index (χ0) is 12.3. The van der Waals surface area contributed by atoms with Crippen LogP contribution in [0.4, 0.5) is 5.69 Å². The number of nitrogens with one attached hydrogen (secondary N) is 2. The van der Waals surface area contributed by atoms with E-state index in [1.807, 2.05) is 0 Å². The number of nitrogens with zero attached hydrogens (tertiary/aromatic N) is 1. The van der Waals surface area contributed by atoms with E-state index in [1.165, 1.54) is 0 Å². The van der Waals surface area contributed by atoms with Gasteiger partial charge in [-0.25, -0.2) is 0 Å². The molecule has 0 aliphatic rings. The van der Waals surface area contributed by atoms with Gasteiger partial charge in [-0.2, -0.15) is 5.10 Å². The fraction of sp³-hybridized carbons (Fsp3) is 0.0909. The van der Waals surface area contributed by atoms with Gasteiger partial charge in [0.25, 0.3) is 5.91 Å². The summed E-state index contributed by atoms with van der Waals surface area (Å²) in [5.74, 6) is -0.204.